The van der Waals surface area contributed by atoms with Crippen molar-refractivity contribution in [2.24, 2.45) is 0 Å². The number of aliphatic carboxylic acids is 1. The van der Waals surface area contributed by atoms with Crippen molar-refractivity contribution in [3.63, 3.8) is 0 Å². The number of hydrogen-bond acceptors (Lipinski definition) is 7. The van der Waals surface area contributed by atoms with E-state index in [1.165, 1.54) is 12.4 Å². The molecule has 1 unspecified atom stereocenters. The Bertz CT molecular complexity index is 851. The van der Waals surface area contributed by atoms with Crippen molar-refractivity contribution in [3.8, 4) is 17.7 Å². The Hall–Kier alpha value is -2.96. The lowest BCUT2D eigenvalue weighted by Gasteiger charge is -2.13. The van der Waals surface area contributed by atoms with Gasteiger partial charge in [0.15, 0.2) is 5.69 Å². The van der Waals surface area contributed by atoms with Crippen molar-refractivity contribution in [2.45, 2.75) is 19.4 Å². The molecule has 1 aromatic carbocycles. The molecule has 2 N–H and O–H groups in total. The average molecular weight is 325 g/mol. The molecule has 2 aromatic rings. The summed E-state index contributed by atoms with van der Waals surface area (Å²) in [6.07, 6.45) is 1.74. The molecule has 1 aliphatic heterocycles. The smallest absolute Gasteiger partial charge is 0.481 e. The van der Waals surface area contributed by atoms with Gasteiger partial charge in [0.2, 0.25) is 5.88 Å². The van der Waals surface area contributed by atoms with Crippen LogP contribution in [0.25, 0.3) is 0 Å². The summed E-state index contributed by atoms with van der Waals surface area (Å²) in [4.78, 5) is 18.7. The van der Waals surface area contributed by atoms with Crippen LogP contribution < -0.4 is 10.2 Å². The summed E-state index contributed by atoms with van der Waals surface area (Å²) >= 11 is 0. The van der Waals surface area contributed by atoms with E-state index in [9.17, 15) is 9.82 Å². The van der Waals surface area contributed by atoms with Crippen LogP contribution in [0.1, 0.15) is 29.3 Å². The largest absolute Gasteiger partial charge is 0.492 e. The van der Waals surface area contributed by atoms with Crippen molar-refractivity contribution < 1.29 is 24.3 Å². The van der Waals surface area contributed by atoms with Gasteiger partial charge >= 0.3 is 13.1 Å². The van der Waals surface area contributed by atoms with E-state index in [1.807, 2.05) is 6.07 Å². The summed E-state index contributed by atoms with van der Waals surface area (Å²) < 4.78 is 10.9. The molecule has 0 saturated carbocycles. The van der Waals surface area contributed by atoms with Gasteiger partial charge in [-0.25, -0.2) is 0 Å². The highest BCUT2D eigenvalue weighted by Gasteiger charge is 2.37. The Balaban J connectivity index is 1.93. The summed E-state index contributed by atoms with van der Waals surface area (Å²) in [5, 5.41) is 27.8. The van der Waals surface area contributed by atoms with Crippen LogP contribution in [0.3, 0.4) is 0 Å². The Morgan fingerprint density at radius 2 is 2.29 bits per heavy atom. The number of aromatic nitrogens is 2. The predicted molar refractivity (Wildman–Crippen MR) is 81.7 cm³/mol. The van der Waals surface area contributed by atoms with Gasteiger partial charge in [-0.3, -0.25) is 9.78 Å². The molecule has 1 aliphatic rings. The van der Waals surface area contributed by atoms with Crippen molar-refractivity contribution in [1.82, 2.24) is 9.97 Å². The maximum absolute atomic E-state index is 10.9. The summed E-state index contributed by atoms with van der Waals surface area (Å²) in [7, 11) is -1.22. The minimum absolute atomic E-state index is 0.121. The quantitative estimate of drug-likeness (QED) is 0.786. The minimum atomic E-state index is -1.22. The molecule has 0 fully saturated rings. The maximum Gasteiger partial charge on any atom is 0.492 e. The fraction of sp³-hybridized carbons (Fsp3) is 0.200. The third kappa shape index (κ3) is 3.06. The van der Waals surface area contributed by atoms with Crippen LogP contribution in [-0.2, 0) is 9.45 Å². The highest BCUT2D eigenvalue weighted by molar-refractivity contribution is 6.62. The molecule has 0 radical (unpaired) electrons. The van der Waals surface area contributed by atoms with Gasteiger partial charge in [-0.05, 0) is 35.6 Å². The van der Waals surface area contributed by atoms with E-state index in [-0.39, 0.29) is 18.0 Å². The number of benzene rings is 1. The zero-order valence-electron chi connectivity index (χ0n) is 12.6. The summed E-state index contributed by atoms with van der Waals surface area (Å²) in [6.45, 7) is 1.78. The molecular formula is C15H12BN3O5. The summed E-state index contributed by atoms with van der Waals surface area (Å²) in [5.74, 6) is -0.485. The zero-order valence-corrected chi connectivity index (χ0v) is 12.6. The number of hydrogen-bond donors (Lipinski definition) is 2. The van der Waals surface area contributed by atoms with E-state index in [1.54, 1.807) is 19.1 Å². The van der Waals surface area contributed by atoms with Crippen LogP contribution in [-0.4, -0.2) is 33.2 Å². The van der Waals surface area contributed by atoms with Gasteiger partial charge in [-0.1, -0.05) is 0 Å². The number of carbonyl (C=O) groups is 1. The number of nitrogens with zero attached hydrogens (tertiary/aromatic N) is 3. The van der Waals surface area contributed by atoms with Gasteiger partial charge in [0.1, 0.15) is 11.8 Å². The SMILES string of the molecule is Cc1cc(Oc2cncc(C#N)n2)cc2c1C(CC(=O)O)OB2O. The van der Waals surface area contributed by atoms with Crippen molar-refractivity contribution in [3.05, 3.63) is 41.3 Å². The first kappa shape index (κ1) is 15.9. The predicted octanol–water partition coefficient (Wildman–Crippen LogP) is 0.682. The molecule has 3 rings (SSSR count). The molecular weight excluding hydrogens is 313 g/mol. The molecule has 24 heavy (non-hydrogen) atoms. The monoisotopic (exact) mass is 325 g/mol. The highest BCUT2D eigenvalue weighted by atomic mass is 16.5. The first-order chi connectivity index (χ1) is 11.5. The van der Waals surface area contributed by atoms with E-state index in [2.05, 4.69) is 9.97 Å². The lowest BCUT2D eigenvalue weighted by atomic mass is 9.77. The number of aryl methyl sites for hydroxylation is 1. The molecule has 0 aliphatic carbocycles. The minimum Gasteiger partial charge on any atom is -0.481 e. The van der Waals surface area contributed by atoms with Gasteiger partial charge in [0.25, 0.3) is 0 Å². The second kappa shape index (κ2) is 6.27. The molecule has 1 aromatic heterocycles. The third-order valence-electron chi connectivity index (χ3n) is 3.58. The second-order valence-corrected chi connectivity index (χ2v) is 5.27. The van der Waals surface area contributed by atoms with Crippen LogP contribution >= 0.6 is 0 Å². The molecule has 0 saturated heterocycles. The standard InChI is InChI=1S/C15H12BN3O5/c1-8-2-10(23-13-7-18-6-9(5-17)19-13)3-11-15(8)12(4-14(20)21)24-16(11)22/h2-3,6-7,12,22H,4H2,1H3,(H,20,21). The normalized spacial score (nSPS) is 15.7. The van der Waals surface area contributed by atoms with Crippen molar-refractivity contribution in [2.75, 3.05) is 0 Å². The molecule has 120 valence electrons. The lowest BCUT2D eigenvalue weighted by molar-refractivity contribution is -0.138. The first-order valence-corrected chi connectivity index (χ1v) is 7.07. The number of carboxylic acids is 1. The first-order valence-electron chi connectivity index (χ1n) is 7.07. The summed E-state index contributed by atoms with van der Waals surface area (Å²) in [6, 6.07) is 5.12. The third-order valence-corrected chi connectivity index (χ3v) is 3.58. The number of rotatable bonds is 4. The Kier molecular flexibility index (Phi) is 4.16. The number of fused-ring (bicyclic) bond motifs is 1. The molecule has 8 nitrogen and oxygen atoms in total. The Morgan fingerprint density at radius 1 is 1.50 bits per heavy atom. The van der Waals surface area contributed by atoms with Gasteiger partial charge in [-0.2, -0.15) is 10.2 Å². The molecule has 0 spiro atoms. The van der Waals surface area contributed by atoms with Gasteiger partial charge in [0.05, 0.1) is 24.9 Å². The molecule has 1 atom stereocenters. The van der Waals surface area contributed by atoms with Crippen LogP contribution in [0.5, 0.6) is 11.6 Å². The Labute approximate surface area is 137 Å². The molecule has 2 heterocycles. The van der Waals surface area contributed by atoms with E-state index in [0.717, 1.165) is 5.56 Å². The van der Waals surface area contributed by atoms with E-state index < -0.39 is 19.2 Å². The van der Waals surface area contributed by atoms with Crippen LogP contribution in [0.15, 0.2) is 24.5 Å². The van der Waals surface area contributed by atoms with Crippen molar-refractivity contribution in [1.29, 1.82) is 5.26 Å². The molecule has 9 heteroatoms. The van der Waals surface area contributed by atoms with Gasteiger partial charge in [-0.15, -0.1) is 0 Å². The van der Waals surface area contributed by atoms with Crippen LogP contribution in [0.2, 0.25) is 0 Å². The van der Waals surface area contributed by atoms with Crippen LogP contribution in [0.4, 0.5) is 0 Å². The van der Waals surface area contributed by atoms with E-state index >= 15 is 0 Å². The van der Waals surface area contributed by atoms with Gasteiger partial charge in [0, 0.05) is 0 Å². The van der Waals surface area contributed by atoms with E-state index in [0.29, 0.717) is 16.8 Å². The van der Waals surface area contributed by atoms with Gasteiger partial charge < -0.3 is 19.5 Å². The topological polar surface area (TPSA) is 126 Å². The maximum atomic E-state index is 10.9. The van der Waals surface area contributed by atoms with Crippen LogP contribution in [0, 0.1) is 18.3 Å². The highest BCUT2D eigenvalue weighted by Crippen LogP contribution is 2.32. The number of carboxylic acid groups (broad SMARTS) is 1. The zero-order chi connectivity index (χ0) is 17.3. The number of ether oxygens (including phenoxy) is 1. The summed E-state index contributed by atoms with van der Waals surface area (Å²) in [5.41, 5.74) is 1.96. The molecule has 0 bridgehead atoms. The lowest BCUT2D eigenvalue weighted by Crippen LogP contribution is -2.28. The fourth-order valence-corrected chi connectivity index (χ4v) is 2.67. The number of nitriles is 1. The van der Waals surface area contributed by atoms with Crippen molar-refractivity contribution >= 4 is 18.6 Å². The second-order valence-electron chi connectivity index (χ2n) is 5.27. The Morgan fingerprint density at radius 3 is 3.00 bits per heavy atom. The molecule has 0 amide bonds. The average Bonchev–Trinajstić information content (AvgIpc) is 2.83. The fourth-order valence-electron chi connectivity index (χ4n) is 2.67. The van der Waals surface area contributed by atoms with E-state index in [4.69, 9.17) is 19.8 Å².